The van der Waals surface area contributed by atoms with Crippen molar-refractivity contribution >= 4 is 17.7 Å². The highest BCUT2D eigenvalue weighted by Gasteiger charge is 2.32. The predicted octanol–water partition coefficient (Wildman–Crippen LogP) is 2.61. The maximum absolute atomic E-state index is 13.1. The number of hydrogen-bond donors (Lipinski definition) is 1. The van der Waals surface area contributed by atoms with Crippen LogP contribution in [0.15, 0.2) is 53.3 Å². The zero-order valence-electron chi connectivity index (χ0n) is 17.0. The number of hydrogen-bond acceptors (Lipinski definition) is 4. The number of amides is 3. The van der Waals surface area contributed by atoms with Crippen molar-refractivity contribution in [2.24, 2.45) is 5.92 Å². The van der Waals surface area contributed by atoms with E-state index in [1.807, 2.05) is 35.2 Å². The third-order valence-corrected chi connectivity index (χ3v) is 5.94. The fourth-order valence-electron chi connectivity index (χ4n) is 4.27. The van der Waals surface area contributed by atoms with Gasteiger partial charge in [-0.15, -0.1) is 0 Å². The molecule has 30 heavy (non-hydrogen) atoms. The van der Waals surface area contributed by atoms with Gasteiger partial charge in [0.25, 0.3) is 5.91 Å². The summed E-state index contributed by atoms with van der Waals surface area (Å²) in [4.78, 5) is 41.4. The van der Waals surface area contributed by atoms with Crippen LogP contribution in [0, 0.1) is 5.92 Å². The molecule has 2 aliphatic rings. The lowest BCUT2D eigenvalue weighted by Crippen LogP contribution is -2.47. The predicted molar refractivity (Wildman–Crippen MR) is 110 cm³/mol. The van der Waals surface area contributed by atoms with Gasteiger partial charge >= 0.3 is 0 Å². The van der Waals surface area contributed by atoms with E-state index in [9.17, 15) is 14.4 Å². The molecule has 1 aromatic heterocycles. The second kappa shape index (κ2) is 9.15. The minimum absolute atomic E-state index is 0.0693. The normalized spacial score (nSPS) is 20.3. The number of nitrogens with one attached hydrogen (secondary N) is 1. The lowest BCUT2D eigenvalue weighted by Gasteiger charge is -2.33. The first-order chi connectivity index (χ1) is 14.6. The van der Waals surface area contributed by atoms with Crippen molar-refractivity contribution in [2.45, 2.75) is 31.7 Å². The molecule has 2 unspecified atom stereocenters. The summed E-state index contributed by atoms with van der Waals surface area (Å²) in [6.45, 7) is 2.23. The Balaban J connectivity index is 1.43. The van der Waals surface area contributed by atoms with Crippen LogP contribution >= 0.6 is 0 Å². The Morgan fingerprint density at radius 3 is 2.67 bits per heavy atom. The molecule has 1 N–H and O–H groups in total. The van der Waals surface area contributed by atoms with Gasteiger partial charge in [0.15, 0.2) is 0 Å². The largest absolute Gasteiger partial charge is 0.472 e. The van der Waals surface area contributed by atoms with Crippen molar-refractivity contribution in [1.29, 1.82) is 0 Å². The summed E-state index contributed by atoms with van der Waals surface area (Å²) < 4.78 is 5.02. The second-order valence-corrected chi connectivity index (χ2v) is 8.02. The molecule has 2 atom stereocenters. The van der Waals surface area contributed by atoms with E-state index in [-0.39, 0.29) is 29.7 Å². The molecule has 2 aromatic rings. The minimum atomic E-state index is -0.268. The van der Waals surface area contributed by atoms with Crippen LogP contribution in [0.1, 0.15) is 47.6 Å². The monoisotopic (exact) mass is 409 g/mol. The Hall–Kier alpha value is -3.09. The summed E-state index contributed by atoms with van der Waals surface area (Å²) >= 11 is 0. The van der Waals surface area contributed by atoms with E-state index in [0.29, 0.717) is 31.6 Å². The van der Waals surface area contributed by atoms with Gasteiger partial charge in [-0.25, -0.2) is 0 Å². The molecule has 3 amide bonds. The lowest BCUT2D eigenvalue weighted by molar-refractivity contribution is -0.130. The van der Waals surface area contributed by atoms with Crippen molar-refractivity contribution in [1.82, 2.24) is 15.1 Å². The number of carbonyl (C=O) groups is 3. The first kappa shape index (κ1) is 20.2. The van der Waals surface area contributed by atoms with Crippen molar-refractivity contribution in [3.63, 3.8) is 0 Å². The standard InChI is InChI=1S/C23H27N3O4/c27-21-9-5-11-25(21)15-20(17-6-2-1-3-7-17)24-22(28)18-8-4-12-26(14-18)23(29)19-10-13-30-16-19/h1-3,6-7,10,13,16,18,20H,4-5,8-9,11-12,14-15H2,(H,24,28). The molecule has 7 heteroatoms. The first-order valence-electron chi connectivity index (χ1n) is 10.6. The summed E-state index contributed by atoms with van der Waals surface area (Å²) in [5.74, 6) is -0.307. The fraction of sp³-hybridized carbons (Fsp3) is 0.435. The van der Waals surface area contributed by atoms with Crippen LogP contribution in [0.4, 0.5) is 0 Å². The van der Waals surface area contributed by atoms with Gasteiger partial charge in [-0.05, 0) is 30.9 Å². The Morgan fingerprint density at radius 2 is 1.97 bits per heavy atom. The van der Waals surface area contributed by atoms with Crippen molar-refractivity contribution < 1.29 is 18.8 Å². The average molecular weight is 409 g/mol. The number of furan rings is 1. The topological polar surface area (TPSA) is 82.9 Å². The van der Waals surface area contributed by atoms with E-state index < -0.39 is 0 Å². The summed E-state index contributed by atoms with van der Waals surface area (Å²) in [5, 5.41) is 3.16. The minimum Gasteiger partial charge on any atom is -0.472 e. The number of benzene rings is 1. The maximum Gasteiger partial charge on any atom is 0.257 e. The van der Waals surface area contributed by atoms with E-state index in [4.69, 9.17) is 4.42 Å². The Kier molecular flexibility index (Phi) is 6.16. The number of nitrogens with zero attached hydrogens (tertiary/aromatic N) is 2. The van der Waals surface area contributed by atoms with Crippen LogP contribution in [0.5, 0.6) is 0 Å². The zero-order valence-corrected chi connectivity index (χ0v) is 17.0. The number of rotatable bonds is 6. The maximum atomic E-state index is 13.1. The van der Waals surface area contributed by atoms with Crippen molar-refractivity contribution in [3.8, 4) is 0 Å². The molecule has 2 aliphatic heterocycles. The van der Waals surface area contributed by atoms with Crippen molar-refractivity contribution in [3.05, 3.63) is 60.1 Å². The second-order valence-electron chi connectivity index (χ2n) is 8.02. The lowest BCUT2D eigenvalue weighted by atomic mass is 9.95. The van der Waals surface area contributed by atoms with E-state index >= 15 is 0 Å². The Morgan fingerprint density at radius 1 is 1.13 bits per heavy atom. The highest BCUT2D eigenvalue weighted by molar-refractivity contribution is 5.94. The van der Waals surface area contributed by atoms with Crippen LogP contribution in [0.25, 0.3) is 0 Å². The molecule has 3 heterocycles. The first-order valence-corrected chi connectivity index (χ1v) is 10.6. The van der Waals surface area contributed by atoms with Gasteiger partial charge in [-0.2, -0.15) is 0 Å². The molecule has 1 aromatic carbocycles. The number of piperidine rings is 1. The van der Waals surface area contributed by atoms with Crippen molar-refractivity contribution in [2.75, 3.05) is 26.2 Å². The van der Waals surface area contributed by atoms with Gasteiger partial charge in [0.05, 0.1) is 23.8 Å². The molecule has 4 rings (SSSR count). The zero-order chi connectivity index (χ0) is 20.9. The summed E-state index contributed by atoms with van der Waals surface area (Å²) in [6, 6.07) is 11.1. The van der Waals surface area contributed by atoms with Crippen LogP contribution in [0.2, 0.25) is 0 Å². The summed E-state index contributed by atoms with van der Waals surface area (Å²) in [7, 11) is 0. The molecular formula is C23H27N3O4. The van der Waals surface area contributed by atoms with E-state index in [2.05, 4.69) is 5.32 Å². The molecular weight excluding hydrogens is 382 g/mol. The third-order valence-electron chi connectivity index (χ3n) is 5.94. The molecule has 0 saturated carbocycles. The average Bonchev–Trinajstić information content (AvgIpc) is 3.46. The molecule has 0 aliphatic carbocycles. The van der Waals surface area contributed by atoms with Gasteiger partial charge in [0.2, 0.25) is 11.8 Å². The fourth-order valence-corrected chi connectivity index (χ4v) is 4.27. The molecule has 158 valence electrons. The molecule has 0 radical (unpaired) electrons. The molecule has 2 saturated heterocycles. The third kappa shape index (κ3) is 4.56. The smallest absolute Gasteiger partial charge is 0.257 e. The van der Waals surface area contributed by atoms with Gasteiger partial charge in [-0.3, -0.25) is 14.4 Å². The molecule has 0 bridgehead atoms. The van der Waals surface area contributed by atoms with Gasteiger partial charge in [0.1, 0.15) is 6.26 Å². The van der Waals surface area contributed by atoms with E-state index in [0.717, 1.165) is 31.4 Å². The van der Waals surface area contributed by atoms with E-state index in [1.165, 1.54) is 12.5 Å². The quantitative estimate of drug-likeness (QED) is 0.795. The molecule has 0 spiro atoms. The highest BCUT2D eigenvalue weighted by Crippen LogP contribution is 2.23. The van der Waals surface area contributed by atoms with Crippen LogP contribution in [-0.2, 0) is 9.59 Å². The number of likely N-dealkylation sites (tertiary alicyclic amines) is 2. The van der Waals surface area contributed by atoms with Crippen LogP contribution < -0.4 is 5.32 Å². The van der Waals surface area contributed by atoms with Crippen LogP contribution in [-0.4, -0.2) is 53.7 Å². The SMILES string of the molecule is O=C(NC(CN1CCCC1=O)c1ccccc1)C1CCCN(C(=O)c2ccoc2)C1. The molecule has 7 nitrogen and oxygen atoms in total. The highest BCUT2D eigenvalue weighted by atomic mass is 16.3. The van der Waals surface area contributed by atoms with Crippen LogP contribution in [0.3, 0.4) is 0 Å². The Labute approximate surface area is 176 Å². The Bertz CT molecular complexity index is 881. The van der Waals surface area contributed by atoms with Gasteiger partial charge in [-0.1, -0.05) is 30.3 Å². The van der Waals surface area contributed by atoms with Gasteiger partial charge < -0.3 is 19.5 Å². The number of carbonyl (C=O) groups excluding carboxylic acids is 3. The summed E-state index contributed by atoms with van der Waals surface area (Å²) in [6.07, 6.45) is 5.87. The summed E-state index contributed by atoms with van der Waals surface area (Å²) in [5.41, 5.74) is 1.48. The van der Waals surface area contributed by atoms with E-state index in [1.54, 1.807) is 11.0 Å². The van der Waals surface area contributed by atoms with Gasteiger partial charge in [0, 0.05) is 32.6 Å². The molecule has 2 fully saturated rings.